The summed E-state index contributed by atoms with van der Waals surface area (Å²) in [5, 5.41) is 0.427. The Balaban J connectivity index is 2.24. The predicted octanol–water partition coefficient (Wildman–Crippen LogP) is 3.96. The second-order valence-corrected chi connectivity index (χ2v) is 5.92. The summed E-state index contributed by atoms with van der Waals surface area (Å²) in [6.45, 7) is 3.55. The molecule has 0 saturated heterocycles. The van der Waals surface area contributed by atoms with Crippen molar-refractivity contribution >= 4 is 16.9 Å². The highest BCUT2D eigenvalue weighted by molar-refractivity contribution is 5.83. The van der Waals surface area contributed by atoms with Crippen LogP contribution in [0.3, 0.4) is 0 Å². The monoisotopic (exact) mass is 352 g/mol. The lowest BCUT2D eigenvalue weighted by molar-refractivity contribution is -0.147. The number of carbonyl (C=O) groups excluding carboxylic acids is 1. The highest BCUT2D eigenvalue weighted by atomic mass is 16.6. The van der Waals surface area contributed by atoms with Gasteiger partial charge in [-0.2, -0.15) is 0 Å². The zero-order chi connectivity index (χ0) is 18.7. The molecule has 0 unspecified atom stereocenters. The Morgan fingerprint density at radius 2 is 1.88 bits per heavy atom. The molecule has 0 amide bonds. The lowest BCUT2D eigenvalue weighted by Crippen LogP contribution is -2.27. The van der Waals surface area contributed by atoms with E-state index in [0.717, 1.165) is 12.0 Å². The van der Waals surface area contributed by atoms with E-state index < -0.39 is 12.1 Å². The Kier molecular flexibility index (Phi) is 5.07. The Morgan fingerprint density at radius 3 is 2.54 bits per heavy atom. The van der Waals surface area contributed by atoms with Gasteiger partial charge in [-0.1, -0.05) is 43.3 Å². The fraction of sp³-hybridized carbons (Fsp3) is 0.238. The third-order valence-corrected chi connectivity index (χ3v) is 4.19. The minimum atomic E-state index is -0.933. The van der Waals surface area contributed by atoms with Crippen molar-refractivity contribution in [2.24, 2.45) is 0 Å². The van der Waals surface area contributed by atoms with Gasteiger partial charge in [0.2, 0.25) is 11.2 Å². The first kappa shape index (κ1) is 17.7. The quantitative estimate of drug-likeness (QED) is 0.650. The summed E-state index contributed by atoms with van der Waals surface area (Å²) in [4.78, 5) is 24.9. The standard InChI is InChI=1S/C21H20O5/c1-4-14-10-11-17-16(12-14)18(22)20(25-13(2)21(23)24-3)19(26-17)15-8-6-5-7-9-15/h5-13H,4H2,1-3H3/t13-/m0/s1. The van der Waals surface area contributed by atoms with Gasteiger partial charge in [0, 0.05) is 5.56 Å². The molecule has 3 aromatic rings. The molecule has 0 bridgehead atoms. The van der Waals surface area contributed by atoms with Crippen LogP contribution in [0.2, 0.25) is 0 Å². The van der Waals surface area contributed by atoms with Gasteiger partial charge in [-0.25, -0.2) is 4.79 Å². The van der Waals surface area contributed by atoms with Crippen LogP contribution >= 0.6 is 0 Å². The van der Waals surface area contributed by atoms with Crippen molar-refractivity contribution in [1.29, 1.82) is 0 Å². The zero-order valence-electron chi connectivity index (χ0n) is 14.9. The van der Waals surface area contributed by atoms with E-state index in [4.69, 9.17) is 13.9 Å². The molecule has 0 spiro atoms. The maximum Gasteiger partial charge on any atom is 0.346 e. The van der Waals surface area contributed by atoms with Gasteiger partial charge >= 0.3 is 5.97 Å². The van der Waals surface area contributed by atoms with Gasteiger partial charge in [0.15, 0.2) is 11.9 Å². The van der Waals surface area contributed by atoms with E-state index in [1.807, 2.05) is 43.3 Å². The van der Waals surface area contributed by atoms with Crippen molar-refractivity contribution in [3.63, 3.8) is 0 Å². The van der Waals surface area contributed by atoms with E-state index in [9.17, 15) is 9.59 Å². The van der Waals surface area contributed by atoms with Crippen LogP contribution in [0.4, 0.5) is 0 Å². The van der Waals surface area contributed by atoms with Gasteiger partial charge < -0.3 is 13.9 Å². The van der Waals surface area contributed by atoms with E-state index in [0.29, 0.717) is 22.3 Å². The zero-order valence-corrected chi connectivity index (χ0v) is 14.9. The maximum absolute atomic E-state index is 13.1. The summed E-state index contributed by atoms with van der Waals surface area (Å²) in [6.07, 6.45) is -0.137. The van der Waals surface area contributed by atoms with Crippen molar-refractivity contribution in [3.8, 4) is 17.1 Å². The van der Waals surface area contributed by atoms with Crippen molar-refractivity contribution < 1.29 is 18.7 Å². The number of carbonyl (C=O) groups is 1. The van der Waals surface area contributed by atoms with Crippen LogP contribution in [-0.2, 0) is 16.0 Å². The second kappa shape index (κ2) is 7.44. The van der Waals surface area contributed by atoms with E-state index in [1.54, 1.807) is 12.1 Å². The van der Waals surface area contributed by atoms with Gasteiger partial charge in [-0.3, -0.25) is 4.79 Å². The van der Waals surface area contributed by atoms with Crippen LogP contribution in [-0.4, -0.2) is 19.2 Å². The Morgan fingerprint density at radius 1 is 1.15 bits per heavy atom. The molecule has 1 heterocycles. The number of benzene rings is 2. The highest BCUT2D eigenvalue weighted by Gasteiger charge is 2.23. The fourth-order valence-electron chi connectivity index (χ4n) is 2.72. The molecule has 5 heteroatoms. The van der Waals surface area contributed by atoms with Crippen LogP contribution in [0, 0.1) is 0 Å². The highest BCUT2D eigenvalue weighted by Crippen LogP contribution is 2.31. The van der Waals surface area contributed by atoms with Gasteiger partial charge in [0.1, 0.15) is 5.58 Å². The summed E-state index contributed by atoms with van der Waals surface area (Å²) in [6, 6.07) is 14.7. The first-order valence-corrected chi connectivity index (χ1v) is 8.44. The largest absolute Gasteiger partial charge is 0.471 e. The molecule has 0 fully saturated rings. The molecular formula is C21H20O5. The van der Waals surface area contributed by atoms with E-state index >= 15 is 0 Å². The van der Waals surface area contributed by atoms with Crippen LogP contribution in [0.5, 0.6) is 5.75 Å². The number of esters is 1. The maximum atomic E-state index is 13.1. The Bertz CT molecular complexity index is 988. The average molecular weight is 352 g/mol. The molecular weight excluding hydrogens is 332 g/mol. The number of aryl methyl sites for hydroxylation is 1. The molecule has 0 aliphatic carbocycles. The third kappa shape index (κ3) is 3.33. The normalized spacial score (nSPS) is 12.0. The lowest BCUT2D eigenvalue weighted by Gasteiger charge is -2.15. The summed E-state index contributed by atoms with van der Waals surface area (Å²) < 4.78 is 16.4. The van der Waals surface area contributed by atoms with Gasteiger partial charge in [0.05, 0.1) is 12.5 Å². The van der Waals surface area contributed by atoms with Crippen molar-refractivity contribution in [2.75, 3.05) is 7.11 Å². The van der Waals surface area contributed by atoms with Crippen LogP contribution < -0.4 is 10.2 Å². The summed E-state index contributed by atoms with van der Waals surface area (Å²) in [5.41, 5.74) is 1.88. The molecule has 134 valence electrons. The minimum Gasteiger partial charge on any atom is -0.471 e. The van der Waals surface area contributed by atoms with Gasteiger partial charge in [-0.15, -0.1) is 0 Å². The lowest BCUT2D eigenvalue weighted by atomic mass is 10.1. The van der Waals surface area contributed by atoms with Gasteiger partial charge in [0.25, 0.3) is 0 Å². The number of hydrogen-bond donors (Lipinski definition) is 0. The summed E-state index contributed by atoms with van der Waals surface area (Å²) >= 11 is 0. The van der Waals surface area contributed by atoms with Crippen molar-refractivity contribution in [1.82, 2.24) is 0 Å². The molecule has 2 aromatic carbocycles. The molecule has 0 aliphatic heterocycles. The van der Waals surface area contributed by atoms with Crippen LogP contribution in [0.1, 0.15) is 19.4 Å². The fourth-order valence-corrected chi connectivity index (χ4v) is 2.72. The topological polar surface area (TPSA) is 65.7 Å². The number of methoxy groups -OCH3 is 1. The van der Waals surface area contributed by atoms with Crippen molar-refractivity contribution in [2.45, 2.75) is 26.4 Å². The molecule has 1 aromatic heterocycles. The number of rotatable bonds is 5. The molecule has 0 saturated carbocycles. The summed E-state index contributed by atoms with van der Waals surface area (Å²) in [5.74, 6) is -0.260. The average Bonchev–Trinajstić information content (AvgIpc) is 2.69. The Labute approximate surface area is 151 Å². The SMILES string of the molecule is CCc1ccc2oc(-c3ccccc3)c(O[C@@H](C)C(=O)OC)c(=O)c2c1. The van der Waals surface area contributed by atoms with E-state index in [2.05, 4.69) is 0 Å². The molecule has 0 aliphatic rings. The van der Waals surface area contributed by atoms with Gasteiger partial charge in [-0.05, 0) is 31.0 Å². The van der Waals surface area contributed by atoms with Crippen molar-refractivity contribution in [3.05, 3.63) is 64.3 Å². The van der Waals surface area contributed by atoms with E-state index in [-0.39, 0.29) is 11.2 Å². The molecule has 1 atom stereocenters. The smallest absolute Gasteiger partial charge is 0.346 e. The predicted molar refractivity (Wildman–Crippen MR) is 99.4 cm³/mol. The molecule has 26 heavy (non-hydrogen) atoms. The first-order valence-electron chi connectivity index (χ1n) is 8.44. The number of hydrogen-bond acceptors (Lipinski definition) is 5. The minimum absolute atomic E-state index is 0.00912. The Hall–Kier alpha value is -3.08. The molecule has 5 nitrogen and oxygen atoms in total. The molecule has 0 N–H and O–H groups in total. The molecule has 3 rings (SSSR count). The van der Waals surface area contributed by atoms with E-state index in [1.165, 1.54) is 14.0 Å². The van der Waals surface area contributed by atoms with Crippen LogP contribution in [0.25, 0.3) is 22.3 Å². The first-order chi connectivity index (χ1) is 12.5. The summed E-state index contributed by atoms with van der Waals surface area (Å²) in [7, 11) is 1.27. The second-order valence-electron chi connectivity index (χ2n) is 5.92. The van der Waals surface area contributed by atoms with Crippen LogP contribution in [0.15, 0.2) is 57.7 Å². The number of ether oxygens (including phenoxy) is 2. The number of fused-ring (bicyclic) bond motifs is 1. The molecule has 0 radical (unpaired) electrons. The third-order valence-electron chi connectivity index (χ3n) is 4.19.